The smallest absolute Gasteiger partial charge is 0.283 e. The van der Waals surface area contributed by atoms with E-state index in [1.807, 2.05) is 48.7 Å². The van der Waals surface area contributed by atoms with Crippen molar-refractivity contribution in [3.8, 4) is 33.9 Å². The molecule has 0 bridgehead atoms. The molecule has 0 fully saturated rings. The lowest BCUT2D eigenvalue weighted by molar-refractivity contribution is 0.594. The van der Waals surface area contributed by atoms with Gasteiger partial charge in [0.25, 0.3) is 10.0 Å². The average molecular weight is 725 g/mol. The van der Waals surface area contributed by atoms with Crippen molar-refractivity contribution in [1.82, 2.24) is 19.2 Å². The van der Waals surface area contributed by atoms with Crippen LogP contribution >= 0.6 is 27.3 Å². The topological polar surface area (TPSA) is 97.2 Å². The molecule has 12 heteroatoms. The third-order valence-corrected chi connectivity index (χ3v) is 9.67. The van der Waals surface area contributed by atoms with Gasteiger partial charge in [-0.3, -0.25) is 4.57 Å². The Morgan fingerprint density at radius 1 is 0.851 bits per heavy atom. The fraction of sp³-hybridized carbons (Fsp3) is 0.0857. The molecule has 0 N–H and O–H groups in total. The number of halogens is 1. The van der Waals surface area contributed by atoms with Crippen molar-refractivity contribution in [2.75, 3.05) is 14.1 Å². The van der Waals surface area contributed by atoms with Gasteiger partial charge in [-0.15, -0.1) is 20.8 Å². The number of hydrogen-bond donors (Lipinski definition) is 0. The lowest BCUT2D eigenvalue weighted by atomic mass is 10.1. The number of rotatable bonds is 9. The molecule has 9 nitrogen and oxygen atoms in total. The van der Waals surface area contributed by atoms with Crippen molar-refractivity contribution in [2.45, 2.75) is 11.8 Å². The molecule has 0 saturated heterocycles. The third kappa shape index (κ3) is 7.40. The first-order valence-corrected chi connectivity index (χ1v) is 17.6. The van der Waals surface area contributed by atoms with E-state index in [0.717, 1.165) is 32.5 Å². The number of aryl methyl sites for hydroxylation is 1. The zero-order valence-corrected chi connectivity index (χ0v) is 29.0. The molecule has 0 aliphatic heterocycles. The van der Waals surface area contributed by atoms with Gasteiger partial charge >= 0.3 is 0 Å². The molecule has 0 saturated carbocycles. The molecule has 4 aromatic carbocycles. The molecule has 0 unspecified atom stereocenters. The first-order chi connectivity index (χ1) is 22.7. The molecular weight excluding hydrogens is 694 g/mol. The average Bonchev–Trinajstić information content (AvgIpc) is 3.70. The van der Waals surface area contributed by atoms with Gasteiger partial charge in [-0.05, 0) is 61.0 Å². The van der Waals surface area contributed by atoms with E-state index in [0.29, 0.717) is 16.2 Å². The minimum Gasteiger partial charge on any atom is -0.368 e. The highest BCUT2D eigenvalue weighted by molar-refractivity contribution is 9.10. The molecule has 0 radical (unpaired) electrons. The molecule has 6 rings (SSSR count). The molecule has 0 aliphatic rings. The summed E-state index contributed by atoms with van der Waals surface area (Å²) in [6.07, 6.45) is 4.81. The Morgan fingerprint density at radius 2 is 1.53 bits per heavy atom. The van der Waals surface area contributed by atoms with Gasteiger partial charge in [0.05, 0.1) is 22.5 Å². The second-order valence-electron chi connectivity index (χ2n) is 10.8. The predicted molar refractivity (Wildman–Crippen MR) is 193 cm³/mol. The first-order valence-electron chi connectivity index (χ1n) is 14.5. The highest BCUT2D eigenvalue weighted by Crippen LogP contribution is 2.26. The summed E-state index contributed by atoms with van der Waals surface area (Å²) >= 11 is 5.04. The van der Waals surface area contributed by atoms with Crippen molar-refractivity contribution in [3.63, 3.8) is 0 Å². The largest absolute Gasteiger partial charge is 0.368 e. The second kappa shape index (κ2) is 13.8. The zero-order valence-electron chi connectivity index (χ0n) is 25.8. The van der Waals surface area contributed by atoms with Crippen LogP contribution in [0.15, 0.2) is 139 Å². The van der Waals surface area contributed by atoms with Crippen molar-refractivity contribution in [2.24, 2.45) is 14.6 Å². The van der Waals surface area contributed by atoms with E-state index in [1.54, 1.807) is 42.0 Å². The summed E-state index contributed by atoms with van der Waals surface area (Å²) in [5, 5.41) is 16.1. The number of aromatic nitrogens is 3. The van der Waals surface area contributed by atoms with Crippen LogP contribution in [0, 0.1) is 6.92 Å². The monoisotopic (exact) mass is 723 g/mol. The standard InChI is InChI=1S/C35H30BrN7O2S2/c1-25-9-15-31(16-10-25)43-33(26-11-13-29(36)14-12-26)23-46-35(43)39-37-21-28-22-42(40-34(28)27-7-5-4-6-8-27)30-17-19-32(20-18-30)47(44,45)38-24-41(2)3/h4-24H,1-3H3/b37-21-,38-24?,39-35-. The molecule has 236 valence electrons. The quantitative estimate of drug-likeness (QED) is 0.0886. The van der Waals surface area contributed by atoms with Crippen molar-refractivity contribution in [3.05, 3.63) is 135 Å². The Kier molecular flexibility index (Phi) is 9.43. The lowest BCUT2D eigenvalue weighted by Gasteiger charge is -2.09. The van der Waals surface area contributed by atoms with Crippen molar-refractivity contribution >= 4 is 49.8 Å². The lowest BCUT2D eigenvalue weighted by Crippen LogP contribution is -2.13. The summed E-state index contributed by atoms with van der Waals surface area (Å²) < 4.78 is 33.8. The maximum Gasteiger partial charge on any atom is 0.283 e. The summed E-state index contributed by atoms with van der Waals surface area (Å²) in [7, 11) is -0.401. The Labute approximate surface area is 285 Å². The van der Waals surface area contributed by atoms with Gasteiger partial charge in [-0.2, -0.15) is 18.6 Å². The van der Waals surface area contributed by atoms with Gasteiger partial charge in [0.1, 0.15) is 12.0 Å². The first kappa shape index (κ1) is 32.0. The minimum absolute atomic E-state index is 0.0933. The molecule has 6 aromatic rings. The van der Waals surface area contributed by atoms with E-state index in [4.69, 9.17) is 5.10 Å². The molecule has 0 atom stereocenters. The fourth-order valence-electron chi connectivity index (χ4n) is 4.71. The maximum absolute atomic E-state index is 12.6. The maximum atomic E-state index is 12.6. The molecule has 0 aliphatic carbocycles. The summed E-state index contributed by atoms with van der Waals surface area (Å²) in [6.45, 7) is 2.06. The summed E-state index contributed by atoms with van der Waals surface area (Å²) in [5.74, 6) is 0. The Bertz CT molecular complexity index is 2230. The van der Waals surface area contributed by atoms with Gasteiger partial charge in [-0.25, -0.2) is 4.68 Å². The van der Waals surface area contributed by atoms with Crippen LogP contribution in [0.4, 0.5) is 0 Å². The van der Waals surface area contributed by atoms with Crippen LogP contribution in [0.25, 0.3) is 33.9 Å². The van der Waals surface area contributed by atoms with Crippen LogP contribution in [-0.2, 0) is 10.0 Å². The van der Waals surface area contributed by atoms with Crippen molar-refractivity contribution < 1.29 is 8.42 Å². The summed E-state index contributed by atoms with van der Waals surface area (Å²) in [5.41, 5.74) is 7.29. The molecule has 0 spiro atoms. The summed E-state index contributed by atoms with van der Waals surface area (Å²) in [6, 6.07) is 32.8. The fourth-order valence-corrected chi connectivity index (χ4v) is 6.75. The number of thiazole rings is 1. The number of nitrogens with zero attached hydrogens (tertiary/aromatic N) is 7. The predicted octanol–water partition coefficient (Wildman–Crippen LogP) is 7.34. The molecule has 0 amide bonds. The number of benzene rings is 4. The van der Waals surface area contributed by atoms with Crippen LogP contribution in [0.2, 0.25) is 0 Å². The van der Waals surface area contributed by atoms with Gasteiger partial charge in [0.2, 0.25) is 4.80 Å². The van der Waals surface area contributed by atoms with E-state index in [-0.39, 0.29) is 4.90 Å². The van der Waals surface area contributed by atoms with Crippen LogP contribution in [0.5, 0.6) is 0 Å². The third-order valence-electron chi connectivity index (χ3n) is 7.09. The second-order valence-corrected chi connectivity index (χ2v) is 14.2. The van der Waals surface area contributed by atoms with Crippen molar-refractivity contribution in [1.29, 1.82) is 0 Å². The number of sulfonamides is 1. The minimum atomic E-state index is -3.82. The Morgan fingerprint density at radius 3 is 2.21 bits per heavy atom. The van der Waals surface area contributed by atoms with E-state index in [1.165, 1.54) is 35.4 Å². The van der Waals surface area contributed by atoms with Gasteiger partial charge in [-0.1, -0.05) is 76.1 Å². The van der Waals surface area contributed by atoms with E-state index in [9.17, 15) is 8.42 Å². The SMILES string of the molecule is Cc1ccc(-n2c(-c3ccc(Br)cc3)cs/c2=N\N=C/c2cn(-c3ccc(S(=O)(=O)N=CN(C)C)cc3)nc2-c2ccccc2)cc1. The Hall–Kier alpha value is -4.91. The molecule has 47 heavy (non-hydrogen) atoms. The van der Waals surface area contributed by atoms with Gasteiger partial charge < -0.3 is 4.90 Å². The highest BCUT2D eigenvalue weighted by Gasteiger charge is 2.15. The van der Waals surface area contributed by atoms with Crippen LogP contribution in [0.3, 0.4) is 0 Å². The summed E-state index contributed by atoms with van der Waals surface area (Å²) in [4.78, 5) is 2.37. The van der Waals surface area contributed by atoms with Gasteiger partial charge in [0.15, 0.2) is 0 Å². The van der Waals surface area contributed by atoms with E-state index < -0.39 is 10.0 Å². The number of hydrogen-bond acceptors (Lipinski definition) is 6. The van der Waals surface area contributed by atoms with Crippen LogP contribution in [-0.4, -0.2) is 54.3 Å². The molecular formula is C35H30BrN7O2S2. The van der Waals surface area contributed by atoms with Crippen LogP contribution in [0.1, 0.15) is 11.1 Å². The van der Waals surface area contributed by atoms with E-state index >= 15 is 0 Å². The highest BCUT2D eigenvalue weighted by atomic mass is 79.9. The Balaban J connectivity index is 1.39. The zero-order chi connectivity index (χ0) is 33.0. The normalized spacial score (nSPS) is 12.4. The van der Waals surface area contributed by atoms with E-state index in [2.05, 4.69) is 83.8 Å². The van der Waals surface area contributed by atoms with Crippen LogP contribution < -0.4 is 4.80 Å². The van der Waals surface area contributed by atoms with Gasteiger partial charge in [0, 0.05) is 47.0 Å². The molecule has 2 aromatic heterocycles. The molecule has 2 heterocycles.